The van der Waals surface area contributed by atoms with Crippen LogP contribution >= 0.6 is 0 Å². The first-order valence-corrected chi connectivity index (χ1v) is 12.0. The van der Waals surface area contributed by atoms with Gasteiger partial charge in [-0.25, -0.2) is 0 Å². The third-order valence-electron chi connectivity index (χ3n) is 9.52. The average Bonchev–Trinajstić information content (AvgIpc) is 3.52. The molecule has 5 aliphatic carbocycles. The number of rotatable bonds is 5. The first-order valence-electron chi connectivity index (χ1n) is 12.0. The van der Waals surface area contributed by atoms with Crippen LogP contribution in [0.1, 0.15) is 36.8 Å². The Morgan fingerprint density at radius 2 is 2.19 bits per heavy atom. The van der Waals surface area contributed by atoms with Gasteiger partial charge in [-0.1, -0.05) is 24.3 Å². The Morgan fingerprint density at radius 3 is 2.97 bits per heavy atom. The molecule has 8 rings (SSSR count). The Hall–Kier alpha value is -2.31. The van der Waals surface area contributed by atoms with Crippen molar-refractivity contribution >= 4 is 5.91 Å². The van der Waals surface area contributed by atoms with Crippen molar-refractivity contribution in [2.45, 2.75) is 55.3 Å². The van der Waals surface area contributed by atoms with Crippen LogP contribution in [0.2, 0.25) is 0 Å². The predicted octanol–water partition coefficient (Wildman–Crippen LogP) is 2.04. The van der Waals surface area contributed by atoms with Crippen molar-refractivity contribution in [3.63, 3.8) is 0 Å². The lowest BCUT2D eigenvalue weighted by Gasteiger charge is -2.70. The molecule has 6 heteroatoms. The van der Waals surface area contributed by atoms with Crippen LogP contribution in [0.15, 0.2) is 36.9 Å². The van der Waals surface area contributed by atoms with Gasteiger partial charge in [0.05, 0.1) is 11.3 Å². The fourth-order valence-electron chi connectivity index (χ4n) is 8.08. The van der Waals surface area contributed by atoms with Crippen LogP contribution in [0.3, 0.4) is 0 Å². The number of piperidine rings is 1. The highest BCUT2D eigenvalue weighted by molar-refractivity contribution is 5.82. The van der Waals surface area contributed by atoms with Gasteiger partial charge in [0.1, 0.15) is 11.7 Å². The zero-order valence-corrected chi connectivity index (χ0v) is 18.2. The number of hydrogen-bond acceptors (Lipinski definition) is 5. The molecule has 6 nitrogen and oxygen atoms in total. The first kappa shape index (κ1) is 19.2. The summed E-state index contributed by atoms with van der Waals surface area (Å²) in [5.41, 5.74) is 0.220. The summed E-state index contributed by atoms with van der Waals surface area (Å²) in [7, 11) is 0. The summed E-state index contributed by atoms with van der Waals surface area (Å²) in [6, 6.07) is 4.04. The van der Waals surface area contributed by atoms with E-state index in [0.29, 0.717) is 18.7 Å². The summed E-state index contributed by atoms with van der Waals surface area (Å²) < 4.78 is 6.48. The van der Waals surface area contributed by atoms with Gasteiger partial charge in [-0.15, -0.1) is 6.58 Å². The SMILES string of the molecule is C=CCNC(=O)[C@H]1C[C@@]23C=C[C@@]1(O)[C@@H]1Oc4c(O)ccc5c4[C@@]12CCN(CC1CC1)[C@@H]3C5. The molecule has 3 fully saturated rings. The predicted molar refractivity (Wildman–Crippen MR) is 118 cm³/mol. The minimum absolute atomic E-state index is 0.136. The van der Waals surface area contributed by atoms with Gasteiger partial charge >= 0.3 is 0 Å². The second kappa shape index (κ2) is 5.97. The van der Waals surface area contributed by atoms with Crippen LogP contribution in [0.5, 0.6) is 11.5 Å². The van der Waals surface area contributed by atoms with Gasteiger partial charge < -0.3 is 20.3 Å². The van der Waals surface area contributed by atoms with Crippen molar-refractivity contribution < 1.29 is 19.7 Å². The quantitative estimate of drug-likeness (QED) is 0.618. The molecule has 1 aromatic rings. The molecule has 1 aromatic carbocycles. The van der Waals surface area contributed by atoms with E-state index < -0.39 is 23.0 Å². The summed E-state index contributed by atoms with van der Waals surface area (Å²) in [6.45, 7) is 6.16. The molecule has 2 saturated carbocycles. The lowest BCUT2D eigenvalue weighted by Crippen LogP contribution is -2.80. The average molecular weight is 435 g/mol. The standard InChI is InChI=1S/C26H30N2O4/c1-2-10-27-22(30)17-13-24-7-8-26(17,31)23-25(24)9-11-28(14-15-3-4-15)19(24)12-16-5-6-18(29)21(32-23)20(16)25/h2,5-8,15,17,19,23,29,31H,1,3-4,9-14H2,(H,27,30)/t17-,19-,23-,24-,25+,26+/m1/s1. The number of nitrogens with one attached hydrogen (secondary N) is 1. The monoisotopic (exact) mass is 434 g/mol. The van der Waals surface area contributed by atoms with Gasteiger partial charge in [0.15, 0.2) is 11.5 Å². The minimum Gasteiger partial charge on any atom is -0.504 e. The van der Waals surface area contributed by atoms with Gasteiger partial charge in [-0.3, -0.25) is 9.69 Å². The zero-order chi connectivity index (χ0) is 21.9. The molecule has 1 amide bonds. The molecule has 4 bridgehead atoms. The maximum atomic E-state index is 13.3. The number of aliphatic hydroxyl groups is 1. The molecular formula is C26H30N2O4. The third kappa shape index (κ3) is 2.03. The first-order chi connectivity index (χ1) is 15.4. The zero-order valence-electron chi connectivity index (χ0n) is 18.2. The number of nitrogens with zero attached hydrogens (tertiary/aromatic N) is 1. The Balaban J connectivity index is 1.43. The molecule has 3 N–H and O–H groups in total. The van der Waals surface area contributed by atoms with E-state index in [1.807, 2.05) is 12.1 Å². The normalized spacial score (nSPS) is 42.3. The lowest BCUT2D eigenvalue weighted by molar-refractivity contribution is -0.206. The lowest BCUT2D eigenvalue weighted by atomic mass is 9.37. The number of hydrogen-bond donors (Lipinski definition) is 3. The van der Waals surface area contributed by atoms with E-state index in [2.05, 4.69) is 22.9 Å². The Morgan fingerprint density at radius 1 is 1.34 bits per heavy atom. The number of amides is 1. The number of benzene rings is 1. The molecule has 0 aromatic heterocycles. The van der Waals surface area contributed by atoms with E-state index in [0.717, 1.165) is 37.4 Å². The number of phenols is 1. The van der Waals surface area contributed by atoms with Crippen molar-refractivity contribution in [1.29, 1.82) is 0 Å². The van der Waals surface area contributed by atoms with Crippen molar-refractivity contribution in [2.75, 3.05) is 19.6 Å². The number of aromatic hydroxyl groups is 1. The Bertz CT molecular complexity index is 1080. The fourth-order valence-corrected chi connectivity index (χ4v) is 8.08. The van der Waals surface area contributed by atoms with E-state index in [9.17, 15) is 15.0 Å². The topological polar surface area (TPSA) is 82.0 Å². The maximum absolute atomic E-state index is 13.3. The summed E-state index contributed by atoms with van der Waals surface area (Å²) in [4.78, 5) is 15.9. The largest absolute Gasteiger partial charge is 0.504 e. The molecule has 32 heavy (non-hydrogen) atoms. The van der Waals surface area contributed by atoms with Gasteiger partial charge in [0.25, 0.3) is 0 Å². The van der Waals surface area contributed by atoms with E-state index in [-0.39, 0.29) is 23.1 Å². The highest BCUT2D eigenvalue weighted by atomic mass is 16.5. The fraction of sp³-hybridized carbons (Fsp3) is 0.577. The molecule has 2 aliphatic heterocycles. The minimum atomic E-state index is -1.41. The van der Waals surface area contributed by atoms with E-state index >= 15 is 0 Å². The molecule has 168 valence electrons. The van der Waals surface area contributed by atoms with Crippen molar-refractivity contribution in [3.8, 4) is 11.5 Å². The molecule has 1 saturated heterocycles. The van der Waals surface area contributed by atoms with Gasteiger partial charge in [-0.2, -0.15) is 0 Å². The Labute approximate surface area is 187 Å². The van der Waals surface area contributed by atoms with Crippen LogP contribution in [0, 0.1) is 17.3 Å². The molecular weight excluding hydrogens is 404 g/mol. The summed E-state index contributed by atoms with van der Waals surface area (Å²) in [5, 5.41) is 25.7. The number of carbonyl (C=O) groups is 1. The molecule has 2 heterocycles. The molecule has 2 spiro atoms. The van der Waals surface area contributed by atoms with E-state index in [1.165, 1.54) is 18.4 Å². The van der Waals surface area contributed by atoms with Crippen molar-refractivity contribution in [1.82, 2.24) is 10.2 Å². The van der Waals surface area contributed by atoms with Gasteiger partial charge in [0.2, 0.25) is 5.91 Å². The number of ether oxygens (including phenoxy) is 1. The highest BCUT2D eigenvalue weighted by Crippen LogP contribution is 2.74. The van der Waals surface area contributed by atoms with Crippen LogP contribution < -0.4 is 10.1 Å². The summed E-state index contributed by atoms with van der Waals surface area (Å²) >= 11 is 0. The number of likely N-dealkylation sites (tertiary alicyclic amines) is 1. The van der Waals surface area contributed by atoms with Gasteiger partial charge in [-0.05, 0) is 56.2 Å². The van der Waals surface area contributed by atoms with Crippen LogP contribution in [-0.4, -0.2) is 58.4 Å². The molecule has 7 aliphatic rings. The van der Waals surface area contributed by atoms with Gasteiger partial charge in [0, 0.05) is 30.1 Å². The van der Waals surface area contributed by atoms with Crippen molar-refractivity contribution in [3.05, 3.63) is 48.1 Å². The van der Waals surface area contributed by atoms with E-state index in [1.54, 1.807) is 12.1 Å². The highest BCUT2D eigenvalue weighted by Gasteiger charge is 2.79. The number of carbonyl (C=O) groups excluding carboxylic acids is 1. The smallest absolute Gasteiger partial charge is 0.226 e. The van der Waals surface area contributed by atoms with E-state index in [4.69, 9.17) is 4.74 Å². The Kier molecular flexibility index (Phi) is 3.58. The summed E-state index contributed by atoms with van der Waals surface area (Å²) in [5.74, 6) is 0.712. The second-order valence-corrected chi connectivity index (χ2v) is 10.9. The number of fused-ring (bicyclic) bond motifs is 1. The second-order valence-electron chi connectivity index (χ2n) is 10.9. The van der Waals surface area contributed by atoms with Crippen LogP contribution in [-0.2, 0) is 16.6 Å². The molecule has 0 unspecified atom stereocenters. The van der Waals surface area contributed by atoms with Crippen LogP contribution in [0.25, 0.3) is 0 Å². The van der Waals surface area contributed by atoms with Crippen LogP contribution in [0.4, 0.5) is 0 Å². The third-order valence-corrected chi connectivity index (χ3v) is 9.52. The summed E-state index contributed by atoms with van der Waals surface area (Å²) in [6.07, 6.45) is 10.2. The molecule has 0 radical (unpaired) electrons. The number of phenolic OH excluding ortho intramolecular Hbond substituents is 1. The van der Waals surface area contributed by atoms with Crippen molar-refractivity contribution in [2.24, 2.45) is 17.3 Å². The maximum Gasteiger partial charge on any atom is 0.226 e. The molecule has 6 atom stereocenters.